The maximum Gasteiger partial charge on any atom is 0.408 e. The molecule has 0 spiro atoms. The van der Waals surface area contributed by atoms with Gasteiger partial charge in [-0.2, -0.15) is 0 Å². The Morgan fingerprint density at radius 3 is 2.45 bits per heavy atom. The largest absolute Gasteiger partial charge is 0.497 e. The number of ketones is 1. The first-order chi connectivity index (χ1) is 24.9. The molecule has 3 fully saturated rings. The SMILES string of the molecule is C=CC1C[C@]1(NC(=O)[C@@H]1C[C@@H](Oc2nccc3cc(OC)ccc23)CN1C(=O)[C@H](CC(=O)C=C(C)C)NC(=O)OC(C)(C)C)C(=O)NS(=O)(=O)C1CC1. The first-order valence-electron chi connectivity index (χ1n) is 17.4. The first kappa shape index (κ1) is 39.2. The number of amides is 4. The van der Waals surface area contributed by atoms with Gasteiger partial charge in [-0.05, 0) is 89.6 Å². The standard InChI is InChI=1S/C37H47N5O10S/c1-8-23-19-37(23,34(46)41-53(48,49)27-10-11-27)40-31(44)30-18-26(51-32-28-12-9-25(50-7)16-22(28)13-14-38-32)20-42(30)33(45)29(17-24(43)15-21(2)3)39-35(47)52-36(4,5)6/h8-9,12-16,23,26-27,29-30H,1,10-11,17-20H2,2-7H3,(H,39,47)(H,40,44)(H,41,46)/t23?,26-,29+,30+,37-/m1/s1. The van der Waals surface area contributed by atoms with Crippen molar-refractivity contribution in [3.8, 4) is 11.6 Å². The van der Waals surface area contributed by atoms with Crippen LogP contribution in [-0.2, 0) is 33.9 Å². The van der Waals surface area contributed by atoms with Crippen LogP contribution in [0.5, 0.6) is 11.6 Å². The predicted octanol–water partition coefficient (Wildman–Crippen LogP) is 3.08. The number of alkyl carbamates (subject to hydrolysis) is 1. The summed E-state index contributed by atoms with van der Waals surface area (Å²) >= 11 is 0. The number of carbonyl (C=O) groups excluding carboxylic acids is 5. The van der Waals surface area contributed by atoms with E-state index in [0.717, 1.165) is 5.39 Å². The van der Waals surface area contributed by atoms with Gasteiger partial charge in [0.2, 0.25) is 27.7 Å². The number of hydrogen-bond acceptors (Lipinski definition) is 11. The Hall–Kier alpha value is -4.99. The molecule has 5 atom stereocenters. The van der Waals surface area contributed by atoms with Gasteiger partial charge in [0.15, 0.2) is 5.78 Å². The normalized spacial score (nSPS) is 22.9. The third-order valence-electron chi connectivity index (χ3n) is 9.15. The number of carbonyl (C=O) groups is 5. The van der Waals surface area contributed by atoms with E-state index in [2.05, 4.69) is 26.9 Å². The van der Waals surface area contributed by atoms with E-state index in [4.69, 9.17) is 14.2 Å². The van der Waals surface area contributed by atoms with Gasteiger partial charge >= 0.3 is 6.09 Å². The van der Waals surface area contributed by atoms with E-state index in [0.29, 0.717) is 29.6 Å². The molecule has 3 aliphatic rings. The molecule has 2 aliphatic carbocycles. The monoisotopic (exact) mass is 753 g/mol. The number of nitrogens with one attached hydrogen (secondary N) is 3. The zero-order valence-corrected chi connectivity index (χ0v) is 31.6. The van der Waals surface area contributed by atoms with Gasteiger partial charge in [0.1, 0.15) is 35.1 Å². The Balaban J connectivity index is 1.46. The first-order valence-corrected chi connectivity index (χ1v) is 19.0. The summed E-state index contributed by atoms with van der Waals surface area (Å²) in [5, 5.41) is 5.98. The highest BCUT2D eigenvalue weighted by molar-refractivity contribution is 7.91. The number of ether oxygens (including phenoxy) is 3. The lowest BCUT2D eigenvalue weighted by Gasteiger charge is -2.30. The van der Waals surface area contributed by atoms with Crippen LogP contribution in [0, 0.1) is 5.92 Å². The number of hydrogen-bond donors (Lipinski definition) is 3. The average molecular weight is 754 g/mol. The summed E-state index contributed by atoms with van der Waals surface area (Å²) in [6, 6.07) is 4.40. The van der Waals surface area contributed by atoms with Gasteiger partial charge < -0.3 is 29.7 Å². The summed E-state index contributed by atoms with van der Waals surface area (Å²) in [6.45, 7) is 12.0. The molecule has 15 nitrogen and oxygen atoms in total. The molecule has 2 aromatic rings. The molecule has 1 saturated heterocycles. The van der Waals surface area contributed by atoms with Crippen LogP contribution in [0.15, 0.2) is 54.8 Å². The molecular weight excluding hydrogens is 706 g/mol. The van der Waals surface area contributed by atoms with E-state index >= 15 is 0 Å². The van der Waals surface area contributed by atoms with Crippen molar-refractivity contribution >= 4 is 50.4 Å². The predicted molar refractivity (Wildman–Crippen MR) is 194 cm³/mol. The van der Waals surface area contributed by atoms with Crippen molar-refractivity contribution in [3.63, 3.8) is 0 Å². The minimum atomic E-state index is -3.94. The van der Waals surface area contributed by atoms with E-state index in [-0.39, 0.29) is 25.3 Å². The van der Waals surface area contributed by atoms with E-state index < -0.39 is 86.5 Å². The fourth-order valence-corrected chi connectivity index (χ4v) is 7.70. The van der Waals surface area contributed by atoms with Gasteiger partial charge in [-0.15, -0.1) is 6.58 Å². The molecule has 0 radical (unpaired) electrons. The molecule has 3 N–H and O–H groups in total. The van der Waals surface area contributed by atoms with Crippen molar-refractivity contribution in [2.45, 2.75) is 101 Å². The summed E-state index contributed by atoms with van der Waals surface area (Å²) in [6.07, 6.45) is 3.07. The highest BCUT2D eigenvalue weighted by Crippen LogP contribution is 2.45. The molecule has 0 bridgehead atoms. The Kier molecular flexibility index (Phi) is 11.2. The van der Waals surface area contributed by atoms with Crippen molar-refractivity contribution in [1.82, 2.24) is 25.2 Å². The number of likely N-dealkylation sites (tertiary alicyclic amines) is 1. The minimum absolute atomic E-state index is 0.0658. The molecule has 1 aromatic heterocycles. The van der Waals surface area contributed by atoms with Crippen LogP contribution >= 0.6 is 0 Å². The fraction of sp³-hybridized carbons (Fsp3) is 0.514. The molecule has 5 rings (SSSR count). The number of nitrogens with zero attached hydrogens (tertiary/aromatic N) is 2. The molecule has 53 heavy (non-hydrogen) atoms. The second kappa shape index (κ2) is 15.2. The average Bonchev–Trinajstić information content (AvgIpc) is 3.99. The van der Waals surface area contributed by atoms with Crippen LogP contribution in [0.2, 0.25) is 0 Å². The summed E-state index contributed by atoms with van der Waals surface area (Å²) in [4.78, 5) is 73.6. The fourth-order valence-electron chi connectivity index (χ4n) is 6.33. The van der Waals surface area contributed by atoms with E-state index in [1.807, 2.05) is 0 Å². The highest BCUT2D eigenvalue weighted by atomic mass is 32.2. The summed E-state index contributed by atoms with van der Waals surface area (Å²) in [5.41, 5.74) is -1.85. The maximum absolute atomic E-state index is 14.4. The Labute approximate surface area is 308 Å². The number of aromatic nitrogens is 1. The van der Waals surface area contributed by atoms with Crippen LogP contribution in [0.4, 0.5) is 4.79 Å². The summed E-state index contributed by atoms with van der Waals surface area (Å²) in [5.74, 6) is -2.56. The highest BCUT2D eigenvalue weighted by Gasteiger charge is 2.62. The molecule has 286 valence electrons. The van der Waals surface area contributed by atoms with Gasteiger partial charge in [0.25, 0.3) is 5.91 Å². The zero-order chi connectivity index (χ0) is 38.9. The topological polar surface area (TPSA) is 199 Å². The van der Waals surface area contributed by atoms with Crippen molar-refractivity contribution in [2.75, 3.05) is 13.7 Å². The molecule has 4 amide bonds. The van der Waals surface area contributed by atoms with E-state index in [1.165, 1.54) is 17.1 Å². The van der Waals surface area contributed by atoms with Crippen LogP contribution in [0.1, 0.15) is 66.7 Å². The quantitative estimate of drug-likeness (QED) is 0.189. The Morgan fingerprint density at radius 2 is 1.85 bits per heavy atom. The Morgan fingerprint density at radius 1 is 1.13 bits per heavy atom. The lowest BCUT2D eigenvalue weighted by Crippen LogP contribution is -2.58. The van der Waals surface area contributed by atoms with Gasteiger partial charge in [-0.3, -0.25) is 23.9 Å². The number of pyridine rings is 1. The molecule has 2 saturated carbocycles. The lowest BCUT2D eigenvalue weighted by molar-refractivity contribution is -0.141. The third kappa shape index (κ3) is 9.33. The molecule has 1 aliphatic heterocycles. The van der Waals surface area contributed by atoms with Crippen molar-refractivity contribution < 1.29 is 46.6 Å². The summed E-state index contributed by atoms with van der Waals surface area (Å²) in [7, 11) is -2.39. The Bertz CT molecular complexity index is 1950. The number of rotatable bonds is 14. The molecule has 2 heterocycles. The van der Waals surface area contributed by atoms with Crippen LogP contribution in [0.25, 0.3) is 10.8 Å². The van der Waals surface area contributed by atoms with Gasteiger partial charge in [0, 0.05) is 30.3 Å². The molecule has 1 aromatic carbocycles. The smallest absolute Gasteiger partial charge is 0.408 e. The van der Waals surface area contributed by atoms with E-state index in [9.17, 15) is 32.4 Å². The number of allylic oxidation sites excluding steroid dienone is 2. The third-order valence-corrected chi connectivity index (χ3v) is 11.0. The number of methoxy groups -OCH3 is 1. The number of benzene rings is 1. The molecular formula is C37H47N5O10S. The van der Waals surface area contributed by atoms with Gasteiger partial charge in [0.05, 0.1) is 18.9 Å². The maximum atomic E-state index is 14.4. The lowest BCUT2D eigenvalue weighted by atomic mass is 10.1. The second-order valence-electron chi connectivity index (χ2n) is 15.0. The van der Waals surface area contributed by atoms with Crippen molar-refractivity contribution in [2.24, 2.45) is 5.92 Å². The van der Waals surface area contributed by atoms with Crippen molar-refractivity contribution in [1.29, 1.82) is 0 Å². The van der Waals surface area contributed by atoms with Gasteiger partial charge in [-0.1, -0.05) is 11.6 Å². The number of sulfonamides is 1. The van der Waals surface area contributed by atoms with Crippen molar-refractivity contribution in [3.05, 3.63) is 54.8 Å². The van der Waals surface area contributed by atoms with Crippen LogP contribution < -0.4 is 24.8 Å². The number of fused-ring (bicyclic) bond motifs is 1. The summed E-state index contributed by atoms with van der Waals surface area (Å²) < 4.78 is 44.5. The molecule has 1 unspecified atom stereocenters. The van der Waals surface area contributed by atoms with Gasteiger partial charge in [-0.25, -0.2) is 18.2 Å². The molecule has 16 heteroatoms. The van der Waals surface area contributed by atoms with Crippen LogP contribution in [-0.4, -0.2) is 96.1 Å². The van der Waals surface area contributed by atoms with Crippen LogP contribution in [0.3, 0.4) is 0 Å². The zero-order valence-electron chi connectivity index (χ0n) is 30.8. The minimum Gasteiger partial charge on any atom is -0.497 e. The second-order valence-corrected chi connectivity index (χ2v) is 16.9. The van der Waals surface area contributed by atoms with E-state index in [1.54, 1.807) is 72.2 Å².